The molecule has 0 radical (unpaired) electrons. The Hall–Kier alpha value is -3.41. The van der Waals surface area contributed by atoms with E-state index in [-0.39, 0.29) is 37.5 Å². The maximum Gasteiger partial charge on any atom is 0.306 e. The fraction of sp³-hybridized carbons (Fsp3) is 0.691. The number of allylic oxidation sites excluding steroid dienone is 14. The summed E-state index contributed by atoms with van der Waals surface area (Å²) in [7, 11) is 0. The SMILES string of the molecule is CC/C=C/C=C/C=C/CCCCCCCC(=O)OC(COC(=O)CC/C=C/C/C=C/CCCCCCCC)COC(=O)CCCCCCCCC/C=C/C/C=C/CCCCC. The minimum absolute atomic E-state index is 0.107. The van der Waals surface area contributed by atoms with Gasteiger partial charge < -0.3 is 14.2 Å². The summed E-state index contributed by atoms with van der Waals surface area (Å²) in [4.78, 5) is 37.9. The molecule has 0 heterocycles. The molecule has 0 amide bonds. The van der Waals surface area contributed by atoms with Crippen LogP contribution < -0.4 is 0 Å². The summed E-state index contributed by atoms with van der Waals surface area (Å²) < 4.78 is 16.7. The van der Waals surface area contributed by atoms with Crippen molar-refractivity contribution in [2.75, 3.05) is 13.2 Å². The van der Waals surface area contributed by atoms with E-state index in [0.29, 0.717) is 19.3 Å². The van der Waals surface area contributed by atoms with Gasteiger partial charge in [0, 0.05) is 19.3 Å². The predicted molar refractivity (Wildman–Crippen MR) is 261 cm³/mol. The minimum atomic E-state index is -0.812. The summed E-state index contributed by atoms with van der Waals surface area (Å²) in [6.45, 7) is 6.38. The highest BCUT2D eigenvalue weighted by Crippen LogP contribution is 2.13. The van der Waals surface area contributed by atoms with Crippen LogP contribution in [0.15, 0.2) is 85.1 Å². The van der Waals surface area contributed by atoms with E-state index in [1.807, 2.05) is 6.08 Å². The van der Waals surface area contributed by atoms with Crippen molar-refractivity contribution >= 4 is 17.9 Å². The number of hydrogen-bond donors (Lipinski definition) is 0. The molecular weight excluding hydrogens is 757 g/mol. The van der Waals surface area contributed by atoms with Crippen molar-refractivity contribution in [2.45, 2.75) is 232 Å². The molecule has 348 valence electrons. The first-order valence-electron chi connectivity index (χ1n) is 25.1. The van der Waals surface area contributed by atoms with E-state index < -0.39 is 6.10 Å². The smallest absolute Gasteiger partial charge is 0.306 e. The lowest BCUT2D eigenvalue weighted by Gasteiger charge is -2.18. The lowest BCUT2D eigenvalue weighted by molar-refractivity contribution is -0.166. The van der Waals surface area contributed by atoms with Gasteiger partial charge in [0.2, 0.25) is 0 Å². The molecule has 0 aliphatic rings. The van der Waals surface area contributed by atoms with Crippen molar-refractivity contribution in [3.63, 3.8) is 0 Å². The van der Waals surface area contributed by atoms with Crippen LogP contribution >= 0.6 is 0 Å². The molecule has 1 unspecified atom stereocenters. The molecule has 6 nitrogen and oxygen atoms in total. The first kappa shape index (κ1) is 57.6. The summed E-state index contributed by atoms with van der Waals surface area (Å²) in [6.07, 6.45) is 62.9. The Bertz CT molecular complexity index is 1200. The molecule has 0 saturated heterocycles. The number of esters is 3. The lowest BCUT2D eigenvalue weighted by atomic mass is 10.1. The van der Waals surface area contributed by atoms with E-state index in [4.69, 9.17) is 14.2 Å². The average Bonchev–Trinajstić information content (AvgIpc) is 3.26. The van der Waals surface area contributed by atoms with Crippen molar-refractivity contribution < 1.29 is 28.6 Å². The van der Waals surface area contributed by atoms with Gasteiger partial charge in [0.1, 0.15) is 13.2 Å². The normalized spacial score (nSPS) is 12.8. The molecule has 0 saturated carbocycles. The highest BCUT2D eigenvalue weighted by molar-refractivity contribution is 5.71. The molecule has 0 aliphatic heterocycles. The monoisotopic (exact) mass is 849 g/mol. The third kappa shape index (κ3) is 47.5. The molecule has 0 aromatic heterocycles. The lowest BCUT2D eigenvalue weighted by Crippen LogP contribution is -2.30. The zero-order chi connectivity index (χ0) is 44.4. The molecule has 0 rings (SSSR count). The van der Waals surface area contributed by atoms with Gasteiger partial charge in [-0.1, -0.05) is 202 Å². The molecular formula is C55H92O6. The van der Waals surface area contributed by atoms with Gasteiger partial charge in [-0.3, -0.25) is 14.4 Å². The quantitative estimate of drug-likeness (QED) is 0.0200. The van der Waals surface area contributed by atoms with Gasteiger partial charge in [-0.2, -0.15) is 0 Å². The van der Waals surface area contributed by atoms with Gasteiger partial charge in [-0.25, -0.2) is 0 Å². The molecule has 6 heteroatoms. The van der Waals surface area contributed by atoms with Crippen LogP contribution in [0.1, 0.15) is 226 Å². The first-order valence-corrected chi connectivity index (χ1v) is 25.1. The van der Waals surface area contributed by atoms with Crippen LogP contribution in [0.25, 0.3) is 0 Å². The molecule has 0 spiro atoms. The summed E-state index contributed by atoms with van der Waals surface area (Å²) in [5, 5.41) is 0. The third-order valence-electron chi connectivity index (χ3n) is 10.4. The molecule has 0 aromatic rings. The second-order valence-electron chi connectivity index (χ2n) is 16.4. The van der Waals surface area contributed by atoms with Crippen molar-refractivity contribution in [3.05, 3.63) is 85.1 Å². The fourth-order valence-electron chi connectivity index (χ4n) is 6.64. The van der Waals surface area contributed by atoms with Gasteiger partial charge in [0.05, 0.1) is 0 Å². The van der Waals surface area contributed by atoms with Crippen LogP contribution in [0.2, 0.25) is 0 Å². The Morgan fingerprint density at radius 1 is 0.361 bits per heavy atom. The van der Waals surface area contributed by atoms with E-state index in [1.165, 1.54) is 89.9 Å². The molecule has 0 fully saturated rings. The molecule has 0 bridgehead atoms. The van der Waals surface area contributed by atoms with Crippen molar-refractivity contribution in [1.82, 2.24) is 0 Å². The number of carbonyl (C=O) groups excluding carboxylic acids is 3. The number of hydrogen-bond acceptors (Lipinski definition) is 6. The largest absolute Gasteiger partial charge is 0.462 e. The van der Waals surface area contributed by atoms with Gasteiger partial charge in [0.25, 0.3) is 0 Å². The fourth-order valence-corrected chi connectivity index (χ4v) is 6.64. The Balaban J connectivity index is 4.47. The Morgan fingerprint density at radius 3 is 1.25 bits per heavy atom. The molecule has 61 heavy (non-hydrogen) atoms. The van der Waals surface area contributed by atoms with Crippen molar-refractivity contribution in [1.29, 1.82) is 0 Å². The van der Waals surface area contributed by atoms with Crippen LogP contribution in [-0.2, 0) is 28.6 Å². The van der Waals surface area contributed by atoms with Gasteiger partial charge >= 0.3 is 17.9 Å². The van der Waals surface area contributed by atoms with Crippen LogP contribution in [0.5, 0.6) is 0 Å². The van der Waals surface area contributed by atoms with Gasteiger partial charge in [-0.05, 0) is 89.9 Å². The van der Waals surface area contributed by atoms with E-state index in [9.17, 15) is 14.4 Å². The van der Waals surface area contributed by atoms with Crippen LogP contribution in [0, 0.1) is 0 Å². The first-order chi connectivity index (χ1) is 30.0. The molecule has 0 aromatic carbocycles. The van der Waals surface area contributed by atoms with E-state index in [0.717, 1.165) is 89.9 Å². The maximum absolute atomic E-state index is 12.8. The standard InChI is InChI=1S/C55H92O6/c1-4-7-10-13-16-19-22-25-26-27-28-31-33-36-39-42-45-48-54(57)60-51-52(61-55(58)49-46-43-40-37-34-30-24-21-18-15-12-9-6-3)50-59-53(56)47-44-41-38-35-32-29-23-20-17-14-11-8-5-2/h9,12,15-16,18-19,21,24-26,29,32,38,41,52H,4-8,10-11,13-14,17,20,22-23,27-28,30-31,33-37,39-40,42-51H2,1-3H3/b12-9+,18-15+,19-16+,24-21+,26-25+,32-29+,41-38+. The number of unbranched alkanes of at least 4 members (excludes halogenated alkanes) is 21. The zero-order valence-electron chi connectivity index (χ0n) is 39.7. The summed E-state index contributed by atoms with van der Waals surface area (Å²) in [5.74, 6) is -1.01. The second-order valence-corrected chi connectivity index (χ2v) is 16.4. The van der Waals surface area contributed by atoms with Gasteiger partial charge in [0.15, 0.2) is 6.10 Å². The van der Waals surface area contributed by atoms with Gasteiger partial charge in [-0.15, -0.1) is 0 Å². The Morgan fingerprint density at radius 2 is 0.738 bits per heavy atom. The Labute approximate surface area is 375 Å². The number of rotatable bonds is 44. The third-order valence-corrected chi connectivity index (χ3v) is 10.4. The highest BCUT2D eigenvalue weighted by Gasteiger charge is 2.19. The maximum atomic E-state index is 12.8. The van der Waals surface area contributed by atoms with Crippen LogP contribution in [0.4, 0.5) is 0 Å². The van der Waals surface area contributed by atoms with E-state index in [2.05, 4.69) is 99.8 Å². The van der Waals surface area contributed by atoms with Crippen LogP contribution in [0.3, 0.4) is 0 Å². The van der Waals surface area contributed by atoms with Crippen molar-refractivity contribution in [2.24, 2.45) is 0 Å². The topological polar surface area (TPSA) is 78.9 Å². The highest BCUT2D eigenvalue weighted by atomic mass is 16.6. The number of carbonyl (C=O) groups is 3. The van der Waals surface area contributed by atoms with E-state index >= 15 is 0 Å². The zero-order valence-corrected chi connectivity index (χ0v) is 39.7. The van der Waals surface area contributed by atoms with E-state index in [1.54, 1.807) is 0 Å². The van der Waals surface area contributed by atoms with Crippen molar-refractivity contribution in [3.8, 4) is 0 Å². The Kier molecular flexibility index (Phi) is 46.5. The number of ether oxygens (including phenoxy) is 3. The summed E-state index contributed by atoms with van der Waals surface area (Å²) >= 11 is 0. The minimum Gasteiger partial charge on any atom is -0.462 e. The molecule has 0 aliphatic carbocycles. The average molecular weight is 849 g/mol. The molecule has 1 atom stereocenters. The van der Waals surface area contributed by atoms with Crippen LogP contribution in [-0.4, -0.2) is 37.2 Å². The summed E-state index contributed by atoms with van der Waals surface area (Å²) in [6, 6.07) is 0. The molecule has 0 N–H and O–H groups in total. The predicted octanol–water partition coefficient (Wildman–Crippen LogP) is 16.4. The summed E-state index contributed by atoms with van der Waals surface area (Å²) in [5.41, 5.74) is 0. The second kappa shape index (κ2) is 49.2.